The van der Waals surface area contributed by atoms with Crippen LogP contribution in [0.25, 0.3) is 32.3 Å². The van der Waals surface area contributed by atoms with Crippen LogP contribution in [0.15, 0.2) is 36.4 Å². The van der Waals surface area contributed by atoms with E-state index in [-0.39, 0.29) is 73.0 Å². The average molecular weight is 1330 g/mol. The first-order valence-electron chi connectivity index (χ1n) is 39.8. The lowest BCUT2D eigenvalue weighted by Gasteiger charge is -2.19. The quantitative estimate of drug-likeness (QED) is 0.0179. The maximum atomic E-state index is 14.1. The lowest BCUT2D eigenvalue weighted by atomic mass is 9.93. The number of fused-ring (bicyclic) bond motifs is 6. The summed E-state index contributed by atoms with van der Waals surface area (Å²) < 4.78 is 37.8. The van der Waals surface area contributed by atoms with Crippen LogP contribution in [0.1, 0.15) is 388 Å². The molecule has 4 rings (SSSR count). The maximum Gasteiger partial charge on any atom is 0.311 e. The summed E-state index contributed by atoms with van der Waals surface area (Å²) in [5.41, 5.74) is 0. The average Bonchev–Trinajstić information content (AvgIpc) is 0.727. The first-order chi connectivity index (χ1) is 47.0. The molecule has 12 heteroatoms. The molecule has 0 aliphatic carbocycles. The van der Waals surface area contributed by atoms with E-state index in [0.717, 1.165) is 116 Å². The first kappa shape index (κ1) is 82.9. The van der Waals surface area contributed by atoms with Gasteiger partial charge in [-0.25, -0.2) is 0 Å². The summed E-state index contributed by atoms with van der Waals surface area (Å²) >= 11 is 0. The lowest BCUT2D eigenvalue weighted by Crippen LogP contribution is -2.13. The molecule has 4 aromatic carbocycles. The number of ether oxygens (including phenoxy) is 6. The number of carbonyl (C=O) groups excluding carboxylic acids is 6. The van der Waals surface area contributed by atoms with Crippen LogP contribution in [0.5, 0.6) is 34.5 Å². The van der Waals surface area contributed by atoms with E-state index in [1.165, 1.54) is 154 Å². The number of esters is 6. The summed E-state index contributed by atoms with van der Waals surface area (Å²) in [6.45, 7) is 13.3. The second-order valence-electron chi connectivity index (χ2n) is 27.7. The molecule has 0 radical (unpaired) electrons. The zero-order valence-corrected chi connectivity index (χ0v) is 61.5. The maximum absolute atomic E-state index is 14.1. The Kier molecular flexibility index (Phi) is 46.2. The molecule has 540 valence electrons. The third-order valence-electron chi connectivity index (χ3n) is 18.9. The fourth-order valence-corrected chi connectivity index (χ4v) is 13.0. The molecule has 0 heterocycles. The predicted molar refractivity (Wildman–Crippen MR) is 396 cm³/mol. The molecule has 0 aromatic heterocycles. The van der Waals surface area contributed by atoms with Gasteiger partial charge in [-0.15, -0.1) is 0 Å². The van der Waals surface area contributed by atoms with Gasteiger partial charge in [-0.2, -0.15) is 0 Å². The monoisotopic (exact) mass is 1330 g/mol. The summed E-state index contributed by atoms with van der Waals surface area (Å²) in [6.07, 6.45) is 51.6. The van der Waals surface area contributed by atoms with Gasteiger partial charge in [-0.1, -0.05) is 311 Å². The summed E-state index contributed by atoms with van der Waals surface area (Å²) in [4.78, 5) is 84.4. The standard InChI is InChI=1S/C84H132O12/c1-7-13-19-25-31-37-43-49-55-79(85)91-73-61-67-68(62-74(73)92-80(86)56-50-44-38-32-26-20-14-8-2)70-64-76(94-82(88)58-52-46-40-34-28-22-16-10-4)78(96-84(90)60-54-48-42-36-30-24-18-12-6)66-72(70)71-65-77(95-83(89)59-53-47-41-35-29-23-17-11-5)75(63-69(67)71)93-81(87)57-51-45-39-33-27-21-15-9-3/h61-66H,7-60H2,1-6H3. The van der Waals surface area contributed by atoms with Crippen molar-refractivity contribution in [1.82, 2.24) is 0 Å². The van der Waals surface area contributed by atoms with Gasteiger partial charge in [-0.05, 0) is 107 Å². The van der Waals surface area contributed by atoms with Crippen LogP contribution in [-0.4, -0.2) is 35.8 Å². The van der Waals surface area contributed by atoms with Crippen molar-refractivity contribution in [3.05, 3.63) is 36.4 Å². The highest BCUT2D eigenvalue weighted by molar-refractivity contribution is 6.27. The van der Waals surface area contributed by atoms with E-state index in [4.69, 9.17) is 28.4 Å². The highest BCUT2D eigenvalue weighted by Gasteiger charge is 2.25. The van der Waals surface area contributed by atoms with Gasteiger partial charge in [0.15, 0.2) is 34.5 Å². The minimum Gasteiger partial charge on any atom is -0.422 e. The Morgan fingerprint density at radius 3 is 0.396 bits per heavy atom. The molecule has 0 saturated carbocycles. The second kappa shape index (κ2) is 53.5. The molecule has 0 atom stereocenters. The Morgan fingerprint density at radius 1 is 0.177 bits per heavy atom. The van der Waals surface area contributed by atoms with Gasteiger partial charge in [0.2, 0.25) is 0 Å². The molecule has 4 aromatic rings. The van der Waals surface area contributed by atoms with Crippen molar-refractivity contribution in [2.45, 2.75) is 388 Å². The summed E-state index contributed by atoms with van der Waals surface area (Å²) in [5, 5.41) is 3.18. The molecular weight excluding hydrogens is 1200 g/mol. The molecule has 0 saturated heterocycles. The Morgan fingerprint density at radius 2 is 0.281 bits per heavy atom. The van der Waals surface area contributed by atoms with Crippen molar-refractivity contribution in [1.29, 1.82) is 0 Å². The minimum atomic E-state index is -0.462. The fourth-order valence-electron chi connectivity index (χ4n) is 13.0. The van der Waals surface area contributed by atoms with Crippen LogP contribution in [0.4, 0.5) is 0 Å². The van der Waals surface area contributed by atoms with Crippen molar-refractivity contribution in [2.75, 3.05) is 0 Å². The van der Waals surface area contributed by atoms with Crippen LogP contribution in [0, 0.1) is 0 Å². The molecular formula is C84H132O12. The molecule has 0 N–H and O–H groups in total. The van der Waals surface area contributed by atoms with Crippen molar-refractivity contribution in [2.24, 2.45) is 0 Å². The number of hydrogen-bond acceptors (Lipinski definition) is 12. The van der Waals surface area contributed by atoms with E-state index in [9.17, 15) is 28.8 Å². The van der Waals surface area contributed by atoms with Gasteiger partial charge in [0.05, 0.1) is 0 Å². The zero-order chi connectivity index (χ0) is 69.1. The molecule has 0 bridgehead atoms. The van der Waals surface area contributed by atoms with Gasteiger partial charge in [-0.3, -0.25) is 28.8 Å². The van der Waals surface area contributed by atoms with E-state index in [1.54, 1.807) is 36.4 Å². The summed E-state index contributed by atoms with van der Waals surface area (Å²) in [7, 11) is 0. The molecule has 12 nitrogen and oxygen atoms in total. The van der Waals surface area contributed by atoms with E-state index in [0.29, 0.717) is 70.8 Å². The molecule has 0 fully saturated rings. The van der Waals surface area contributed by atoms with Gasteiger partial charge in [0, 0.05) is 38.5 Å². The molecule has 0 spiro atoms. The molecule has 0 amide bonds. The topological polar surface area (TPSA) is 158 Å². The van der Waals surface area contributed by atoms with Crippen LogP contribution in [0.2, 0.25) is 0 Å². The number of unbranched alkanes of at least 4 members (excludes halogenated alkanes) is 42. The lowest BCUT2D eigenvalue weighted by molar-refractivity contribution is -0.137. The highest BCUT2D eigenvalue weighted by Crippen LogP contribution is 2.48. The molecule has 0 aliphatic rings. The molecule has 96 heavy (non-hydrogen) atoms. The van der Waals surface area contributed by atoms with Crippen LogP contribution < -0.4 is 28.4 Å². The van der Waals surface area contributed by atoms with Gasteiger partial charge >= 0.3 is 35.8 Å². The molecule has 0 aliphatic heterocycles. The number of hydrogen-bond donors (Lipinski definition) is 0. The third kappa shape index (κ3) is 35.3. The Balaban J connectivity index is 1.95. The van der Waals surface area contributed by atoms with Crippen molar-refractivity contribution in [3.63, 3.8) is 0 Å². The minimum absolute atomic E-state index is 0.0506. The molecule has 0 unspecified atom stereocenters. The Bertz CT molecular complexity index is 2300. The Hall–Kier alpha value is -5.52. The number of benzene rings is 4. The largest absolute Gasteiger partial charge is 0.422 e. The van der Waals surface area contributed by atoms with Crippen molar-refractivity contribution < 1.29 is 57.2 Å². The Labute approximate surface area is 581 Å². The van der Waals surface area contributed by atoms with Gasteiger partial charge < -0.3 is 28.4 Å². The summed E-state index contributed by atoms with van der Waals surface area (Å²) in [6, 6.07) is 10.2. The summed E-state index contributed by atoms with van der Waals surface area (Å²) in [5.74, 6) is -2.47. The SMILES string of the molecule is CCCCCCCCCCC(=O)Oc1cc2c3cc(OC(=O)CCCCCCCCCC)c(OC(=O)CCCCCCCCCC)cc3c3cc(OC(=O)CCCCCCCCCC)c(OC(=O)CCCCCCCCCC)cc3c2cc1OC(=O)CCCCCCCCCC. The van der Waals surface area contributed by atoms with Gasteiger partial charge in [0.25, 0.3) is 0 Å². The van der Waals surface area contributed by atoms with Crippen molar-refractivity contribution in [3.8, 4) is 34.5 Å². The number of carbonyl (C=O) groups is 6. The van der Waals surface area contributed by atoms with Crippen LogP contribution in [0.3, 0.4) is 0 Å². The fraction of sp³-hybridized carbons (Fsp3) is 0.714. The smallest absolute Gasteiger partial charge is 0.311 e. The predicted octanol–water partition coefficient (Wildman–Crippen LogP) is 25.8. The van der Waals surface area contributed by atoms with E-state index in [2.05, 4.69) is 41.5 Å². The van der Waals surface area contributed by atoms with Crippen molar-refractivity contribution >= 4 is 68.1 Å². The van der Waals surface area contributed by atoms with Crippen LogP contribution in [-0.2, 0) is 28.8 Å². The van der Waals surface area contributed by atoms with E-state index in [1.807, 2.05) is 0 Å². The van der Waals surface area contributed by atoms with E-state index < -0.39 is 35.8 Å². The van der Waals surface area contributed by atoms with Gasteiger partial charge in [0.1, 0.15) is 0 Å². The second-order valence-corrected chi connectivity index (χ2v) is 27.7. The highest BCUT2D eigenvalue weighted by atomic mass is 16.6. The normalized spacial score (nSPS) is 11.4. The van der Waals surface area contributed by atoms with Crippen LogP contribution >= 0.6 is 0 Å². The van der Waals surface area contributed by atoms with E-state index >= 15 is 0 Å². The number of rotatable bonds is 60. The first-order valence-corrected chi connectivity index (χ1v) is 39.8. The zero-order valence-electron chi connectivity index (χ0n) is 61.5. The third-order valence-corrected chi connectivity index (χ3v) is 18.9.